The molecule has 0 saturated heterocycles. The number of rotatable bonds is 2. The lowest BCUT2D eigenvalue weighted by Gasteiger charge is -2.02. The molecule has 0 spiro atoms. The largest absolute Gasteiger partial charge is 0.433 e. The number of nitro groups is 1. The van der Waals surface area contributed by atoms with Crippen molar-refractivity contribution in [1.29, 1.82) is 0 Å². The molecule has 76 valence electrons. The molecule has 1 N–H and O–H groups in total. The van der Waals surface area contributed by atoms with Crippen LogP contribution in [0.25, 0.3) is 6.08 Å². The second-order valence-electron chi connectivity index (χ2n) is 2.30. The molecule has 1 aromatic rings. The second kappa shape index (κ2) is 3.48. The Morgan fingerprint density at radius 3 is 2.71 bits per heavy atom. The molecule has 5 nitrogen and oxygen atoms in total. The first kappa shape index (κ1) is 10.2. The van der Waals surface area contributed by atoms with Gasteiger partial charge in [0, 0.05) is 11.6 Å². The van der Waals surface area contributed by atoms with Crippen LogP contribution in [0, 0.1) is 10.1 Å². The van der Waals surface area contributed by atoms with Crippen LogP contribution in [-0.2, 0) is 6.18 Å². The average molecular weight is 207 g/mol. The highest BCUT2D eigenvalue weighted by molar-refractivity contribution is 5.50. The molecule has 0 aliphatic carbocycles. The number of hydrogen-bond acceptors (Lipinski definition) is 3. The Balaban J connectivity index is 3.00. The van der Waals surface area contributed by atoms with Gasteiger partial charge in [0.2, 0.25) is 6.20 Å². The van der Waals surface area contributed by atoms with Crippen molar-refractivity contribution < 1.29 is 18.1 Å². The minimum atomic E-state index is -4.59. The van der Waals surface area contributed by atoms with Crippen molar-refractivity contribution in [2.75, 3.05) is 0 Å². The third-order valence-electron chi connectivity index (χ3n) is 1.33. The van der Waals surface area contributed by atoms with E-state index in [1.54, 1.807) is 5.10 Å². The van der Waals surface area contributed by atoms with E-state index in [1.165, 1.54) is 0 Å². The normalized spacial score (nSPS) is 12.2. The third kappa shape index (κ3) is 2.31. The standard InChI is InChI=1S/C6H4F3N3O2/c7-6(8,9)5-4(3-10-11-5)1-2-12(13)14/h1-3H,(H,10,11)/b2-1+. The Hall–Kier alpha value is -1.86. The highest BCUT2D eigenvalue weighted by atomic mass is 19.4. The van der Waals surface area contributed by atoms with E-state index in [-0.39, 0.29) is 5.56 Å². The van der Waals surface area contributed by atoms with E-state index in [1.807, 2.05) is 0 Å². The fourth-order valence-electron chi connectivity index (χ4n) is 0.790. The van der Waals surface area contributed by atoms with Gasteiger partial charge < -0.3 is 0 Å². The fraction of sp³-hybridized carbons (Fsp3) is 0.167. The maximum atomic E-state index is 12.1. The Labute approximate surface area is 75.4 Å². The molecule has 0 aliphatic heterocycles. The zero-order valence-corrected chi connectivity index (χ0v) is 6.58. The number of aromatic nitrogens is 2. The van der Waals surface area contributed by atoms with Gasteiger partial charge in [0.1, 0.15) is 5.69 Å². The van der Waals surface area contributed by atoms with Crippen molar-refractivity contribution in [1.82, 2.24) is 10.2 Å². The van der Waals surface area contributed by atoms with Gasteiger partial charge in [-0.25, -0.2) is 0 Å². The zero-order chi connectivity index (χ0) is 10.8. The molecule has 0 aliphatic rings. The van der Waals surface area contributed by atoms with Gasteiger partial charge in [0.15, 0.2) is 0 Å². The van der Waals surface area contributed by atoms with E-state index in [4.69, 9.17) is 0 Å². The van der Waals surface area contributed by atoms with E-state index in [0.29, 0.717) is 6.20 Å². The van der Waals surface area contributed by atoms with Crippen LogP contribution in [0.4, 0.5) is 13.2 Å². The van der Waals surface area contributed by atoms with E-state index >= 15 is 0 Å². The molecule has 0 aromatic carbocycles. The molecule has 1 rings (SSSR count). The molecule has 0 unspecified atom stereocenters. The highest BCUT2D eigenvalue weighted by Gasteiger charge is 2.34. The highest BCUT2D eigenvalue weighted by Crippen LogP contribution is 2.30. The lowest BCUT2D eigenvalue weighted by Crippen LogP contribution is -2.07. The summed E-state index contributed by atoms with van der Waals surface area (Å²) >= 11 is 0. The topological polar surface area (TPSA) is 71.8 Å². The maximum absolute atomic E-state index is 12.1. The summed E-state index contributed by atoms with van der Waals surface area (Å²) in [7, 11) is 0. The lowest BCUT2D eigenvalue weighted by atomic mass is 10.2. The molecule has 1 aromatic heterocycles. The first-order valence-electron chi connectivity index (χ1n) is 3.33. The van der Waals surface area contributed by atoms with Crippen molar-refractivity contribution in [3.63, 3.8) is 0 Å². The molecule has 8 heteroatoms. The predicted octanol–water partition coefficient (Wildman–Crippen LogP) is 1.68. The summed E-state index contributed by atoms with van der Waals surface area (Å²) in [5.41, 5.74) is -1.47. The molecule has 0 bridgehead atoms. The number of hydrogen-bond donors (Lipinski definition) is 1. The summed E-state index contributed by atoms with van der Waals surface area (Å²) < 4.78 is 36.4. The minimum Gasteiger partial charge on any atom is -0.273 e. The lowest BCUT2D eigenvalue weighted by molar-refractivity contribution is -0.400. The van der Waals surface area contributed by atoms with Crippen LogP contribution in [0.2, 0.25) is 0 Å². The van der Waals surface area contributed by atoms with Gasteiger partial charge in [0.25, 0.3) is 0 Å². The third-order valence-corrected chi connectivity index (χ3v) is 1.33. The summed E-state index contributed by atoms with van der Waals surface area (Å²) in [6.07, 6.45) is -2.58. The van der Waals surface area contributed by atoms with Crippen molar-refractivity contribution in [3.8, 4) is 0 Å². The van der Waals surface area contributed by atoms with Crippen LogP contribution in [-0.4, -0.2) is 15.1 Å². The quantitative estimate of drug-likeness (QED) is 0.592. The average Bonchev–Trinajstić information content (AvgIpc) is 2.46. The number of nitrogens with one attached hydrogen (secondary N) is 1. The van der Waals surface area contributed by atoms with Crippen LogP contribution in [0.1, 0.15) is 11.3 Å². The monoisotopic (exact) mass is 207 g/mol. The van der Waals surface area contributed by atoms with Crippen LogP contribution < -0.4 is 0 Å². The molecule has 0 saturated carbocycles. The smallest absolute Gasteiger partial charge is 0.273 e. The summed E-state index contributed by atoms with van der Waals surface area (Å²) in [5.74, 6) is 0. The summed E-state index contributed by atoms with van der Waals surface area (Å²) in [4.78, 5) is 9.01. The maximum Gasteiger partial charge on any atom is 0.433 e. The van der Waals surface area contributed by atoms with E-state index in [2.05, 4.69) is 5.10 Å². The van der Waals surface area contributed by atoms with Gasteiger partial charge >= 0.3 is 6.18 Å². The van der Waals surface area contributed by atoms with E-state index < -0.39 is 16.8 Å². The van der Waals surface area contributed by atoms with Gasteiger partial charge in [-0.2, -0.15) is 18.3 Å². The summed E-state index contributed by atoms with van der Waals surface area (Å²) in [5, 5.41) is 14.7. The summed E-state index contributed by atoms with van der Waals surface area (Å²) in [6, 6.07) is 0. The van der Waals surface area contributed by atoms with Crippen molar-refractivity contribution in [3.05, 3.63) is 33.8 Å². The Morgan fingerprint density at radius 1 is 1.57 bits per heavy atom. The van der Waals surface area contributed by atoms with Crippen LogP contribution in [0.3, 0.4) is 0 Å². The SMILES string of the molecule is O=[N+]([O-])/C=C/c1cn[nH]c1C(F)(F)F. The number of H-pyrrole nitrogens is 1. The van der Waals surface area contributed by atoms with Crippen LogP contribution in [0.5, 0.6) is 0 Å². The van der Waals surface area contributed by atoms with Crippen LogP contribution >= 0.6 is 0 Å². The van der Waals surface area contributed by atoms with Gasteiger partial charge in [-0.1, -0.05) is 0 Å². The van der Waals surface area contributed by atoms with E-state index in [0.717, 1.165) is 12.3 Å². The van der Waals surface area contributed by atoms with Crippen molar-refractivity contribution >= 4 is 6.08 Å². The van der Waals surface area contributed by atoms with Crippen molar-refractivity contribution in [2.24, 2.45) is 0 Å². The first-order chi connectivity index (χ1) is 6.41. The molecule has 0 atom stereocenters. The first-order valence-corrected chi connectivity index (χ1v) is 3.33. The van der Waals surface area contributed by atoms with Gasteiger partial charge in [-0.05, 0) is 0 Å². The Kier molecular flexibility index (Phi) is 2.54. The fourth-order valence-corrected chi connectivity index (χ4v) is 0.790. The zero-order valence-electron chi connectivity index (χ0n) is 6.58. The molecule has 0 fully saturated rings. The van der Waals surface area contributed by atoms with Gasteiger partial charge in [-0.15, -0.1) is 0 Å². The molecule has 0 amide bonds. The molecule has 0 radical (unpaired) electrons. The predicted molar refractivity (Wildman–Crippen MR) is 39.6 cm³/mol. The minimum absolute atomic E-state index is 0.366. The Morgan fingerprint density at radius 2 is 2.21 bits per heavy atom. The molecular formula is C6H4F3N3O2. The molecular weight excluding hydrogens is 203 g/mol. The Bertz CT molecular complexity index is 369. The number of aromatic amines is 1. The van der Waals surface area contributed by atoms with E-state index in [9.17, 15) is 23.3 Å². The molecule has 1 heterocycles. The number of halogens is 3. The molecule has 14 heavy (non-hydrogen) atoms. The van der Waals surface area contributed by atoms with Crippen LogP contribution in [0.15, 0.2) is 12.4 Å². The summed E-state index contributed by atoms with van der Waals surface area (Å²) in [6.45, 7) is 0. The number of nitrogens with zero attached hydrogens (tertiary/aromatic N) is 2. The second-order valence-corrected chi connectivity index (χ2v) is 2.30. The van der Waals surface area contributed by atoms with Gasteiger partial charge in [0.05, 0.1) is 11.1 Å². The number of alkyl halides is 3. The van der Waals surface area contributed by atoms with Crippen molar-refractivity contribution in [2.45, 2.75) is 6.18 Å². The van der Waals surface area contributed by atoms with Gasteiger partial charge in [-0.3, -0.25) is 15.2 Å².